The molecule has 0 atom stereocenters. The van der Waals surface area contributed by atoms with Crippen molar-refractivity contribution in [2.45, 2.75) is 26.3 Å². The van der Waals surface area contributed by atoms with E-state index in [0.717, 1.165) is 11.1 Å². The molecule has 1 amide bonds. The zero-order valence-corrected chi connectivity index (χ0v) is 14.6. The summed E-state index contributed by atoms with van der Waals surface area (Å²) in [5.74, 6) is 0.247. The zero-order chi connectivity index (χ0) is 17.4. The summed E-state index contributed by atoms with van der Waals surface area (Å²) in [5, 5.41) is 7.18. The van der Waals surface area contributed by atoms with E-state index >= 15 is 0 Å². The van der Waals surface area contributed by atoms with Crippen LogP contribution in [0.25, 0.3) is 0 Å². The number of nitrogens with zero attached hydrogens (tertiary/aromatic N) is 1. The van der Waals surface area contributed by atoms with E-state index in [2.05, 4.69) is 36.5 Å². The van der Waals surface area contributed by atoms with Crippen LogP contribution in [0.4, 0.5) is 0 Å². The molecule has 0 bridgehead atoms. The lowest BCUT2D eigenvalue weighted by Crippen LogP contribution is -2.26. The van der Waals surface area contributed by atoms with E-state index in [9.17, 15) is 4.79 Å². The molecule has 5 heteroatoms. The highest BCUT2D eigenvalue weighted by molar-refractivity contribution is 6.31. The Hall–Kier alpha value is -2.33. The van der Waals surface area contributed by atoms with Gasteiger partial charge in [0.2, 0.25) is 0 Å². The second-order valence-corrected chi connectivity index (χ2v) is 6.10. The van der Waals surface area contributed by atoms with Crippen LogP contribution in [0, 0.1) is 0 Å². The average molecular weight is 345 g/mol. The number of amides is 1. The normalized spacial score (nSPS) is 11.0. The first-order valence-corrected chi connectivity index (χ1v) is 8.19. The molecule has 0 radical (unpaired) electrons. The van der Waals surface area contributed by atoms with Gasteiger partial charge >= 0.3 is 0 Å². The lowest BCUT2D eigenvalue weighted by Gasteiger charge is -2.06. The third-order valence-corrected chi connectivity index (χ3v) is 3.88. The molecule has 126 valence electrons. The summed E-state index contributed by atoms with van der Waals surface area (Å²) in [6, 6.07) is 15.4. The van der Waals surface area contributed by atoms with Gasteiger partial charge in [-0.3, -0.25) is 4.79 Å². The Balaban J connectivity index is 1.73. The van der Waals surface area contributed by atoms with E-state index in [1.807, 2.05) is 30.3 Å². The molecule has 2 rings (SSSR count). The highest BCUT2D eigenvalue weighted by Crippen LogP contribution is 2.14. The number of halogens is 1. The number of hydrogen-bond donors (Lipinski definition) is 1. The molecule has 2 aromatic carbocycles. The maximum atomic E-state index is 11.7. The van der Waals surface area contributed by atoms with Gasteiger partial charge in [0, 0.05) is 11.6 Å². The van der Waals surface area contributed by atoms with Crippen molar-refractivity contribution in [3.63, 3.8) is 0 Å². The van der Waals surface area contributed by atoms with Gasteiger partial charge in [-0.25, -0.2) is 0 Å². The number of rotatable bonds is 7. The lowest BCUT2D eigenvalue weighted by atomic mass is 10.0. The largest absolute Gasteiger partial charge is 0.386 e. The van der Waals surface area contributed by atoms with Crippen LogP contribution in [0.3, 0.4) is 0 Å². The fourth-order valence-corrected chi connectivity index (χ4v) is 2.25. The Morgan fingerprint density at radius 2 is 1.92 bits per heavy atom. The molecule has 0 heterocycles. The number of carbonyl (C=O) groups is 1. The van der Waals surface area contributed by atoms with Crippen LogP contribution >= 0.6 is 11.6 Å². The number of benzene rings is 2. The van der Waals surface area contributed by atoms with Crippen molar-refractivity contribution < 1.29 is 9.63 Å². The minimum absolute atomic E-state index is 0.134. The molecule has 0 spiro atoms. The first-order chi connectivity index (χ1) is 11.6. The molecule has 4 nitrogen and oxygen atoms in total. The molecular weight excluding hydrogens is 324 g/mol. The predicted octanol–water partition coefficient (Wildman–Crippen LogP) is 4.13. The fourth-order valence-electron chi connectivity index (χ4n) is 2.05. The van der Waals surface area contributed by atoms with Gasteiger partial charge in [0.25, 0.3) is 5.91 Å². The van der Waals surface area contributed by atoms with E-state index in [-0.39, 0.29) is 12.5 Å². The summed E-state index contributed by atoms with van der Waals surface area (Å²) in [4.78, 5) is 16.7. The summed E-state index contributed by atoms with van der Waals surface area (Å²) in [6.45, 7) is 4.52. The summed E-state index contributed by atoms with van der Waals surface area (Å²) in [5.41, 5.74) is 3.06. The first kappa shape index (κ1) is 18.0. The van der Waals surface area contributed by atoms with Crippen LogP contribution in [0.15, 0.2) is 53.7 Å². The third-order valence-electron chi connectivity index (χ3n) is 3.51. The molecule has 0 fully saturated rings. The molecular formula is C19H21ClN2O2. The topological polar surface area (TPSA) is 50.7 Å². The van der Waals surface area contributed by atoms with Gasteiger partial charge in [-0.05, 0) is 28.7 Å². The van der Waals surface area contributed by atoms with Gasteiger partial charge in [0.05, 0.1) is 6.21 Å². The summed E-state index contributed by atoms with van der Waals surface area (Å²) in [6.07, 6.45) is 1.59. The Kier molecular flexibility index (Phi) is 6.82. The molecule has 0 saturated heterocycles. The van der Waals surface area contributed by atoms with Crippen molar-refractivity contribution in [2.75, 3.05) is 6.61 Å². The standard InChI is InChI=1S/C19H21ClN2O2/c1-14(2)16-9-7-15(8-10-16)11-22-24-13-19(23)21-12-17-5-3-4-6-18(17)20/h3-11,14H,12-13H2,1-2H3,(H,21,23)/b22-11-. The van der Waals surface area contributed by atoms with Crippen LogP contribution < -0.4 is 5.32 Å². The molecule has 0 unspecified atom stereocenters. The zero-order valence-electron chi connectivity index (χ0n) is 13.8. The van der Waals surface area contributed by atoms with Crippen LogP contribution in [0.1, 0.15) is 36.5 Å². The molecule has 24 heavy (non-hydrogen) atoms. The van der Waals surface area contributed by atoms with Crippen molar-refractivity contribution in [1.29, 1.82) is 0 Å². The Morgan fingerprint density at radius 1 is 1.21 bits per heavy atom. The molecule has 0 aliphatic heterocycles. The molecule has 0 aliphatic rings. The number of nitrogens with one attached hydrogen (secondary N) is 1. The first-order valence-electron chi connectivity index (χ1n) is 7.81. The Morgan fingerprint density at radius 3 is 2.58 bits per heavy atom. The monoisotopic (exact) mass is 344 g/mol. The van der Waals surface area contributed by atoms with Gasteiger partial charge in [0.1, 0.15) is 0 Å². The maximum Gasteiger partial charge on any atom is 0.261 e. The smallest absolute Gasteiger partial charge is 0.261 e. The van der Waals surface area contributed by atoms with Gasteiger partial charge < -0.3 is 10.2 Å². The average Bonchev–Trinajstić information content (AvgIpc) is 2.58. The minimum Gasteiger partial charge on any atom is -0.386 e. The van der Waals surface area contributed by atoms with Gasteiger partial charge in [-0.2, -0.15) is 0 Å². The quantitative estimate of drug-likeness (QED) is 0.606. The van der Waals surface area contributed by atoms with E-state index < -0.39 is 0 Å². The summed E-state index contributed by atoms with van der Waals surface area (Å²) >= 11 is 6.03. The maximum absolute atomic E-state index is 11.7. The van der Waals surface area contributed by atoms with E-state index in [4.69, 9.17) is 16.4 Å². The fraction of sp³-hybridized carbons (Fsp3) is 0.263. The predicted molar refractivity (Wildman–Crippen MR) is 97.4 cm³/mol. The van der Waals surface area contributed by atoms with Crippen molar-refractivity contribution in [2.24, 2.45) is 5.16 Å². The van der Waals surface area contributed by atoms with Gasteiger partial charge in [0.15, 0.2) is 6.61 Å². The molecule has 0 aliphatic carbocycles. The van der Waals surface area contributed by atoms with E-state index in [1.165, 1.54) is 5.56 Å². The third kappa shape index (κ3) is 5.70. The number of oxime groups is 1. The van der Waals surface area contributed by atoms with Gasteiger partial charge in [-0.15, -0.1) is 0 Å². The Labute approximate surface area is 147 Å². The van der Waals surface area contributed by atoms with Crippen molar-refractivity contribution in [3.05, 3.63) is 70.2 Å². The highest BCUT2D eigenvalue weighted by Gasteiger charge is 2.03. The number of hydrogen-bond acceptors (Lipinski definition) is 3. The summed E-state index contributed by atoms with van der Waals surface area (Å²) in [7, 11) is 0. The van der Waals surface area contributed by atoms with Crippen molar-refractivity contribution >= 4 is 23.7 Å². The van der Waals surface area contributed by atoms with E-state index in [1.54, 1.807) is 12.3 Å². The van der Waals surface area contributed by atoms with Crippen molar-refractivity contribution in [3.8, 4) is 0 Å². The van der Waals surface area contributed by atoms with Crippen LogP contribution in [-0.4, -0.2) is 18.7 Å². The van der Waals surface area contributed by atoms with E-state index in [0.29, 0.717) is 17.5 Å². The summed E-state index contributed by atoms with van der Waals surface area (Å²) < 4.78 is 0. The van der Waals surface area contributed by atoms with Crippen LogP contribution in [0.5, 0.6) is 0 Å². The highest BCUT2D eigenvalue weighted by atomic mass is 35.5. The lowest BCUT2D eigenvalue weighted by molar-refractivity contribution is -0.125. The second kappa shape index (κ2) is 9.08. The SMILES string of the molecule is CC(C)c1ccc(/C=N\OCC(=O)NCc2ccccc2Cl)cc1. The van der Waals surface area contributed by atoms with Gasteiger partial charge in [-0.1, -0.05) is 73.1 Å². The minimum atomic E-state index is -0.248. The van der Waals surface area contributed by atoms with Crippen LogP contribution in [-0.2, 0) is 16.2 Å². The molecule has 0 saturated carbocycles. The molecule has 2 aromatic rings. The number of carbonyl (C=O) groups excluding carboxylic acids is 1. The molecule has 1 N–H and O–H groups in total. The molecule has 0 aromatic heterocycles. The second-order valence-electron chi connectivity index (χ2n) is 5.70. The Bertz CT molecular complexity index is 697. The van der Waals surface area contributed by atoms with Crippen LogP contribution in [0.2, 0.25) is 5.02 Å². The van der Waals surface area contributed by atoms with Crippen molar-refractivity contribution in [1.82, 2.24) is 5.32 Å².